The van der Waals surface area contributed by atoms with Gasteiger partial charge in [-0.1, -0.05) is 100 Å². The van der Waals surface area contributed by atoms with Gasteiger partial charge in [0.05, 0.1) is 0 Å². The molecule has 1 N–H and O–H groups in total. The highest BCUT2D eigenvalue weighted by atomic mass is 16.2. The summed E-state index contributed by atoms with van der Waals surface area (Å²) < 4.78 is 0. The summed E-state index contributed by atoms with van der Waals surface area (Å²) in [4.78, 5) is 8.00. The zero-order valence-corrected chi connectivity index (χ0v) is 21.2. The first-order chi connectivity index (χ1) is 12.0. The van der Waals surface area contributed by atoms with Crippen LogP contribution in [0.1, 0.15) is 110 Å². The fourth-order valence-electron chi connectivity index (χ4n) is 0. The van der Waals surface area contributed by atoms with Crippen LogP contribution in [0.3, 0.4) is 0 Å². The van der Waals surface area contributed by atoms with E-state index < -0.39 is 0 Å². The normalized spacial score (nSPS) is 5.20. The maximum absolute atomic E-state index is 8.00. The summed E-state index contributed by atoms with van der Waals surface area (Å²) in [5, 5.41) is 7.00. The predicted octanol–water partition coefficient (Wildman–Crippen LogP) is 8.75. The molecule has 0 aliphatic heterocycles. The maximum atomic E-state index is 8.00. The molecule has 0 aliphatic carbocycles. The van der Waals surface area contributed by atoms with Crippen LogP contribution in [-0.4, -0.2) is 19.0 Å². The number of rotatable bonds is 1. The van der Waals surface area contributed by atoms with Gasteiger partial charge in [0.25, 0.3) is 0 Å². The average Bonchev–Trinajstić information content (AvgIpc) is 2.72. The van der Waals surface area contributed by atoms with Gasteiger partial charge in [-0.25, -0.2) is 0 Å². The van der Waals surface area contributed by atoms with Crippen LogP contribution < -0.4 is 0 Å². The molecular formula is C23H58O2. The molecule has 0 amide bonds. The highest BCUT2D eigenvalue weighted by Crippen LogP contribution is 1.93. The largest absolute Gasteiger partial charge is 0.400 e. The molecule has 0 spiro atoms. The minimum Gasteiger partial charge on any atom is -0.400 e. The minimum atomic E-state index is 0.884. The van der Waals surface area contributed by atoms with Crippen molar-refractivity contribution in [2.75, 3.05) is 7.11 Å². The van der Waals surface area contributed by atoms with Gasteiger partial charge in [-0.05, 0) is 33.6 Å². The third-order valence-corrected chi connectivity index (χ3v) is 1.39. The second-order valence-corrected chi connectivity index (χ2v) is 3.58. The Bertz CT molecular complexity index is 124. The SMILES string of the molecule is C=CC.C=O.CC.CC.CC.CC.CC=C(C)C.CCC(C)C.CO. The monoisotopic (exact) mass is 366 g/mol. The summed E-state index contributed by atoms with van der Waals surface area (Å²) in [7, 11) is 1.00. The Morgan fingerprint density at radius 3 is 0.920 bits per heavy atom. The average molecular weight is 367 g/mol. The van der Waals surface area contributed by atoms with E-state index in [0.29, 0.717) is 0 Å². The number of carbonyl (C=O) groups excluding carboxylic acids is 1. The fourth-order valence-corrected chi connectivity index (χ4v) is 0. The molecule has 0 unspecified atom stereocenters. The van der Waals surface area contributed by atoms with Crippen LogP contribution in [0.2, 0.25) is 0 Å². The molecule has 0 aromatic carbocycles. The molecule has 2 heteroatoms. The van der Waals surface area contributed by atoms with Crippen LogP contribution in [-0.2, 0) is 4.79 Å². The molecule has 0 rings (SSSR count). The second-order valence-electron chi connectivity index (χ2n) is 3.58. The Kier molecular flexibility index (Phi) is 387. The van der Waals surface area contributed by atoms with E-state index >= 15 is 0 Å². The molecule has 0 saturated carbocycles. The minimum absolute atomic E-state index is 0.884. The van der Waals surface area contributed by atoms with E-state index in [-0.39, 0.29) is 0 Å². The summed E-state index contributed by atoms with van der Waals surface area (Å²) in [5.41, 5.74) is 1.38. The first-order valence-electron chi connectivity index (χ1n) is 9.86. The van der Waals surface area contributed by atoms with E-state index in [1.54, 1.807) is 6.08 Å². The van der Waals surface area contributed by atoms with Crippen molar-refractivity contribution in [3.05, 3.63) is 24.3 Å². The van der Waals surface area contributed by atoms with Crippen molar-refractivity contribution < 1.29 is 9.90 Å². The molecule has 0 saturated heterocycles. The molecule has 0 fully saturated rings. The molecule has 0 aromatic rings. The van der Waals surface area contributed by atoms with Gasteiger partial charge in [-0.15, -0.1) is 6.58 Å². The Morgan fingerprint density at radius 2 is 0.920 bits per heavy atom. The highest BCUT2D eigenvalue weighted by Gasteiger charge is 1.80. The predicted molar refractivity (Wildman–Crippen MR) is 127 cm³/mol. The van der Waals surface area contributed by atoms with Gasteiger partial charge < -0.3 is 9.90 Å². The van der Waals surface area contributed by atoms with E-state index in [0.717, 1.165) is 13.0 Å². The van der Waals surface area contributed by atoms with Crippen molar-refractivity contribution in [2.45, 2.75) is 110 Å². The Morgan fingerprint density at radius 1 is 0.840 bits per heavy atom. The molecule has 0 heterocycles. The Labute approximate surface area is 164 Å². The standard InChI is InChI=1S/C5H12.C5H10.C3H6.4C2H6.CH4O.CH2O/c2*1-4-5(2)3;1-3-2;6*1-2/h5H,4H2,1-3H3;4H,1-3H3;3H,1H2,2H3;4*1-2H3;2H,1H3;1H2. The van der Waals surface area contributed by atoms with Crippen molar-refractivity contribution in [3.8, 4) is 0 Å². The number of aliphatic hydroxyl groups is 1. The smallest absolute Gasteiger partial charge is 0.106 e. The van der Waals surface area contributed by atoms with Crippen LogP contribution >= 0.6 is 0 Å². The highest BCUT2D eigenvalue weighted by molar-refractivity contribution is 5.10. The summed E-state index contributed by atoms with van der Waals surface area (Å²) in [6.07, 6.45) is 5.14. The van der Waals surface area contributed by atoms with Crippen molar-refractivity contribution in [1.29, 1.82) is 0 Å². The zero-order valence-electron chi connectivity index (χ0n) is 21.2. The number of aliphatic hydroxyl groups excluding tert-OH is 1. The van der Waals surface area contributed by atoms with Crippen LogP contribution in [0.5, 0.6) is 0 Å². The lowest BCUT2D eigenvalue weighted by atomic mass is 10.2. The molecule has 0 aliphatic rings. The summed E-state index contributed by atoms with van der Waals surface area (Å²) in [6, 6.07) is 0. The molecule has 0 radical (unpaired) electrons. The van der Waals surface area contributed by atoms with E-state index in [2.05, 4.69) is 47.3 Å². The van der Waals surface area contributed by atoms with Gasteiger partial charge in [0.1, 0.15) is 6.79 Å². The molecule has 0 atom stereocenters. The third kappa shape index (κ3) is 1060. The van der Waals surface area contributed by atoms with Gasteiger partial charge in [-0.3, -0.25) is 0 Å². The fraction of sp³-hybridized carbons (Fsp3) is 0.783. The lowest BCUT2D eigenvalue weighted by molar-refractivity contribution is -0.0979. The third-order valence-electron chi connectivity index (χ3n) is 1.39. The van der Waals surface area contributed by atoms with E-state index in [4.69, 9.17) is 9.90 Å². The van der Waals surface area contributed by atoms with Crippen molar-refractivity contribution in [3.63, 3.8) is 0 Å². The Balaban J connectivity index is -0.0000000172. The molecule has 0 aromatic heterocycles. The van der Waals surface area contributed by atoms with Crippen LogP contribution in [0, 0.1) is 5.92 Å². The van der Waals surface area contributed by atoms with Gasteiger partial charge >= 0.3 is 0 Å². The van der Waals surface area contributed by atoms with Gasteiger partial charge in [0.2, 0.25) is 0 Å². The van der Waals surface area contributed by atoms with Crippen molar-refractivity contribution >= 4 is 6.79 Å². The maximum Gasteiger partial charge on any atom is 0.106 e. The quantitative estimate of drug-likeness (QED) is 0.471. The number of allylic oxidation sites excluding steroid dienone is 3. The number of carbonyl (C=O) groups is 1. The Hall–Kier alpha value is -0.890. The second kappa shape index (κ2) is 172. The molecule has 25 heavy (non-hydrogen) atoms. The molecular weight excluding hydrogens is 308 g/mol. The number of hydrogen-bond acceptors (Lipinski definition) is 2. The summed E-state index contributed by atoms with van der Waals surface area (Å²) in [5.74, 6) is 0.884. The first kappa shape index (κ1) is 56.4. The van der Waals surface area contributed by atoms with Gasteiger partial charge in [-0.2, -0.15) is 0 Å². The molecule has 0 bridgehead atoms. The van der Waals surface area contributed by atoms with Gasteiger partial charge in [0, 0.05) is 7.11 Å². The summed E-state index contributed by atoms with van der Waals surface area (Å²) >= 11 is 0. The van der Waals surface area contributed by atoms with E-state index in [9.17, 15) is 0 Å². The van der Waals surface area contributed by atoms with Crippen LogP contribution in [0.4, 0.5) is 0 Å². The van der Waals surface area contributed by atoms with Gasteiger partial charge in [0.15, 0.2) is 0 Å². The molecule has 2 nitrogen and oxygen atoms in total. The lowest BCUT2D eigenvalue weighted by Crippen LogP contribution is -1.77. The van der Waals surface area contributed by atoms with E-state index in [1.807, 2.05) is 76.0 Å². The van der Waals surface area contributed by atoms with Crippen molar-refractivity contribution in [1.82, 2.24) is 0 Å². The zero-order chi connectivity index (χ0) is 23.3. The lowest BCUT2D eigenvalue weighted by Gasteiger charge is -1.90. The topological polar surface area (TPSA) is 37.3 Å². The molecule has 162 valence electrons. The first-order valence-corrected chi connectivity index (χ1v) is 9.86. The van der Waals surface area contributed by atoms with Crippen LogP contribution in [0.15, 0.2) is 24.3 Å². The van der Waals surface area contributed by atoms with Crippen LogP contribution in [0.25, 0.3) is 0 Å². The van der Waals surface area contributed by atoms with E-state index in [1.165, 1.54) is 12.0 Å². The number of hydrogen-bond donors (Lipinski definition) is 1. The summed E-state index contributed by atoms with van der Waals surface area (Å²) in [6.45, 7) is 36.1. The van der Waals surface area contributed by atoms with Crippen molar-refractivity contribution in [2.24, 2.45) is 5.92 Å².